The van der Waals surface area contributed by atoms with Gasteiger partial charge in [-0.15, -0.1) is 0 Å². The third kappa shape index (κ3) is 4.86. The smallest absolute Gasteiger partial charge is 0.226 e. The molecule has 0 bridgehead atoms. The summed E-state index contributed by atoms with van der Waals surface area (Å²) in [5.41, 5.74) is 2.74. The number of aromatic nitrogens is 1. The fraction of sp³-hybridized carbons (Fsp3) is 0.222. The molecule has 0 unspecified atom stereocenters. The number of phenols is 1. The molecule has 1 N–H and O–H groups in total. The normalized spacial score (nSPS) is 14.4. The fourth-order valence-electron chi connectivity index (χ4n) is 4.11. The van der Waals surface area contributed by atoms with Crippen molar-refractivity contribution in [3.05, 3.63) is 90.3 Å². The van der Waals surface area contributed by atoms with Gasteiger partial charge in [-0.3, -0.25) is 4.90 Å². The molecule has 0 aliphatic carbocycles. The molecule has 6 nitrogen and oxygen atoms in total. The number of nitrogens with zero attached hydrogens (tertiary/aromatic N) is 3. The Balaban J connectivity index is 1.24. The Morgan fingerprint density at radius 2 is 1.61 bits per heavy atom. The third-order valence-corrected chi connectivity index (χ3v) is 5.92. The Hall–Kier alpha value is -3.77. The first kappa shape index (κ1) is 21.1. The number of piperazine rings is 1. The lowest BCUT2D eigenvalue weighted by Crippen LogP contribution is -2.46. The van der Waals surface area contributed by atoms with Crippen LogP contribution in [0.25, 0.3) is 11.5 Å². The molecule has 0 amide bonds. The summed E-state index contributed by atoms with van der Waals surface area (Å²) in [5.74, 6) is 3.32. The van der Waals surface area contributed by atoms with Crippen molar-refractivity contribution in [3.8, 4) is 28.7 Å². The molecule has 4 aromatic rings. The standard InChI is InChI=1S/C27H27N3O3/c1-20-24(19-29-14-16-30(17-15-29)25-12-5-6-13-26(25)31)28-27(32-20)21-8-7-11-23(18-21)33-22-9-3-2-4-10-22/h2-13,18,31H,14-17,19H2,1H3. The summed E-state index contributed by atoms with van der Waals surface area (Å²) in [7, 11) is 0. The first-order valence-electron chi connectivity index (χ1n) is 11.2. The second kappa shape index (κ2) is 9.38. The van der Waals surface area contributed by atoms with Crippen LogP contribution in [0.15, 0.2) is 83.3 Å². The molecule has 0 spiro atoms. The lowest BCUT2D eigenvalue weighted by atomic mass is 10.2. The molecule has 0 atom stereocenters. The van der Waals surface area contributed by atoms with Crippen LogP contribution in [0, 0.1) is 6.92 Å². The summed E-state index contributed by atoms with van der Waals surface area (Å²) in [6.07, 6.45) is 0. The number of phenolic OH excluding ortho intramolecular Hbond substituents is 1. The molecule has 6 heteroatoms. The van der Waals surface area contributed by atoms with Crippen molar-refractivity contribution < 1.29 is 14.3 Å². The number of aromatic hydroxyl groups is 1. The molecule has 1 aromatic heterocycles. The summed E-state index contributed by atoms with van der Waals surface area (Å²) in [5, 5.41) is 10.1. The minimum absolute atomic E-state index is 0.335. The van der Waals surface area contributed by atoms with Crippen molar-refractivity contribution in [1.29, 1.82) is 0 Å². The van der Waals surface area contributed by atoms with E-state index in [1.165, 1.54) is 0 Å². The van der Waals surface area contributed by atoms with E-state index in [2.05, 4.69) is 9.80 Å². The van der Waals surface area contributed by atoms with Gasteiger partial charge in [0.1, 0.15) is 23.0 Å². The molecule has 1 saturated heterocycles. The predicted molar refractivity (Wildman–Crippen MR) is 129 cm³/mol. The molecule has 1 aliphatic rings. The Morgan fingerprint density at radius 3 is 2.39 bits per heavy atom. The number of benzene rings is 3. The van der Waals surface area contributed by atoms with E-state index in [1.807, 2.05) is 79.7 Å². The van der Waals surface area contributed by atoms with Crippen LogP contribution < -0.4 is 9.64 Å². The van der Waals surface area contributed by atoms with Gasteiger partial charge in [0.15, 0.2) is 0 Å². The highest BCUT2D eigenvalue weighted by molar-refractivity contribution is 5.58. The molecular weight excluding hydrogens is 414 g/mol. The van der Waals surface area contributed by atoms with Crippen LogP contribution in [-0.2, 0) is 6.54 Å². The summed E-state index contributed by atoms with van der Waals surface area (Å²) >= 11 is 0. The van der Waals surface area contributed by atoms with E-state index < -0.39 is 0 Å². The Morgan fingerprint density at radius 1 is 0.879 bits per heavy atom. The fourth-order valence-corrected chi connectivity index (χ4v) is 4.11. The van der Waals surface area contributed by atoms with Gasteiger partial charge >= 0.3 is 0 Å². The first-order valence-corrected chi connectivity index (χ1v) is 11.2. The van der Waals surface area contributed by atoms with Gasteiger partial charge < -0.3 is 19.2 Å². The minimum Gasteiger partial charge on any atom is -0.506 e. The maximum atomic E-state index is 10.1. The van der Waals surface area contributed by atoms with Crippen molar-refractivity contribution in [3.63, 3.8) is 0 Å². The summed E-state index contributed by atoms with van der Waals surface area (Å²) in [6, 6.07) is 25.1. The maximum absolute atomic E-state index is 10.1. The third-order valence-electron chi connectivity index (χ3n) is 5.92. The van der Waals surface area contributed by atoms with Gasteiger partial charge in [-0.1, -0.05) is 36.4 Å². The van der Waals surface area contributed by atoms with E-state index in [0.29, 0.717) is 11.6 Å². The van der Waals surface area contributed by atoms with Crippen molar-refractivity contribution >= 4 is 5.69 Å². The first-order chi connectivity index (χ1) is 16.2. The molecule has 33 heavy (non-hydrogen) atoms. The molecule has 0 saturated carbocycles. The molecule has 5 rings (SSSR count). The largest absolute Gasteiger partial charge is 0.506 e. The molecule has 3 aromatic carbocycles. The second-order valence-electron chi connectivity index (χ2n) is 8.22. The average Bonchev–Trinajstić information content (AvgIpc) is 3.21. The van der Waals surface area contributed by atoms with Crippen LogP contribution >= 0.6 is 0 Å². The highest BCUT2D eigenvalue weighted by atomic mass is 16.5. The van der Waals surface area contributed by atoms with Crippen molar-refractivity contribution in [2.24, 2.45) is 0 Å². The summed E-state index contributed by atoms with van der Waals surface area (Å²) in [4.78, 5) is 9.40. The molecule has 168 valence electrons. The molecule has 2 heterocycles. The highest BCUT2D eigenvalue weighted by Gasteiger charge is 2.21. The van der Waals surface area contributed by atoms with Crippen LogP contribution in [0.4, 0.5) is 5.69 Å². The number of hydrogen-bond donors (Lipinski definition) is 1. The molecule has 1 aliphatic heterocycles. The number of oxazole rings is 1. The number of rotatable bonds is 6. The predicted octanol–water partition coefficient (Wildman–Crippen LogP) is 5.47. The number of aryl methyl sites for hydroxylation is 1. The molecule has 1 fully saturated rings. The van der Waals surface area contributed by atoms with Crippen LogP contribution in [-0.4, -0.2) is 41.2 Å². The molecular formula is C27H27N3O3. The van der Waals surface area contributed by atoms with E-state index in [4.69, 9.17) is 14.1 Å². The number of para-hydroxylation sites is 3. The van der Waals surface area contributed by atoms with Crippen LogP contribution in [0.5, 0.6) is 17.2 Å². The van der Waals surface area contributed by atoms with Crippen molar-refractivity contribution in [1.82, 2.24) is 9.88 Å². The Bertz CT molecular complexity index is 1210. The lowest BCUT2D eigenvalue weighted by molar-refractivity contribution is 0.245. The van der Waals surface area contributed by atoms with Crippen LogP contribution in [0.2, 0.25) is 0 Å². The quantitative estimate of drug-likeness (QED) is 0.428. The SMILES string of the molecule is Cc1oc(-c2cccc(Oc3ccccc3)c2)nc1CN1CCN(c2ccccc2O)CC1. The average molecular weight is 442 g/mol. The monoisotopic (exact) mass is 441 g/mol. The zero-order chi connectivity index (χ0) is 22.6. The van der Waals surface area contributed by atoms with Crippen molar-refractivity contribution in [2.75, 3.05) is 31.1 Å². The maximum Gasteiger partial charge on any atom is 0.226 e. The van der Waals surface area contributed by atoms with Gasteiger partial charge in [-0.2, -0.15) is 0 Å². The second-order valence-corrected chi connectivity index (χ2v) is 8.22. The Kier molecular flexibility index (Phi) is 6.00. The van der Waals surface area contributed by atoms with Crippen molar-refractivity contribution in [2.45, 2.75) is 13.5 Å². The van der Waals surface area contributed by atoms with E-state index in [1.54, 1.807) is 6.07 Å². The zero-order valence-corrected chi connectivity index (χ0v) is 18.6. The van der Waals surface area contributed by atoms with Gasteiger partial charge in [-0.25, -0.2) is 4.98 Å². The van der Waals surface area contributed by atoms with Gasteiger partial charge in [0.25, 0.3) is 0 Å². The van der Waals surface area contributed by atoms with Crippen LogP contribution in [0.3, 0.4) is 0 Å². The number of anilines is 1. The van der Waals surface area contributed by atoms with Crippen LogP contribution in [0.1, 0.15) is 11.5 Å². The lowest BCUT2D eigenvalue weighted by Gasteiger charge is -2.36. The van der Waals surface area contributed by atoms with Gasteiger partial charge in [0.05, 0.1) is 11.4 Å². The highest BCUT2D eigenvalue weighted by Crippen LogP contribution is 2.30. The summed E-state index contributed by atoms with van der Waals surface area (Å²) < 4.78 is 12.0. The number of ether oxygens (including phenoxy) is 1. The van der Waals surface area contributed by atoms with E-state index in [0.717, 1.165) is 66.9 Å². The zero-order valence-electron chi connectivity index (χ0n) is 18.6. The minimum atomic E-state index is 0.335. The topological polar surface area (TPSA) is 62.0 Å². The van der Waals surface area contributed by atoms with Gasteiger partial charge in [0, 0.05) is 38.3 Å². The van der Waals surface area contributed by atoms with E-state index in [-0.39, 0.29) is 0 Å². The van der Waals surface area contributed by atoms with E-state index >= 15 is 0 Å². The van der Waals surface area contributed by atoms with Gasteiger partial charge in [0.2, 0.25) is 5.89 Å². The molecule has 0 radical (unpaired) electrons. The van der Waals surface area contributed by atoms with Gasteiger partial charge in [-0.05, 0) is 49.4 Å². The number of hydrogen-bond acceptors (Lipinski definition) is 6. The Labute approximate surface area is 193 Å². The van der Waals surface area contributed by atoms with E-state index in [9.17, 15) is 5.11 Å². The summed E-state index contributed by atoms with van der Waals surface area (Å²) in [6.45, 7) is 6.23.